The average Bonchev–Trinajstić information content (AvgIpc) is 2.82. The van der Waals surface area contributed by atoms with Gasteiger partial charge in [-0.2, -0.15) is 0 Å². The fraction of sp³-hybridized carbons (Fsp3) is 0.571. The van der Waals surface area contributed by atoms with Crippen molar-refractivity contribution in [1.29, 1.82) is 0 Å². The maximum Gasteiger partial charge on any atom is 0.0317 e. The third-order valence-corrected chi connectivity index (χ3v) is 4.26. The lowest BCUT2D eigenvalue weighted by atomic mass is 10.1. The van der Waals surface area contributed by atoms with E-state index in [2.05, 4.69) is 24.0 Å². The first-order valence-corrected chi connectivity index (χ1v) is 6.35. The maximum atomic E-state index is 5.84. The number of rotatable bonds is 1. The summed E-state index contributed by atoms with van der Waals surface area (Å²) >= 11 is 0. The molecule has 0 aromatic heterocycles. The molecule has 1 fully saturated rings. The van der Waals surface area contributed by atoms with Crippen LogP contribution in [-0.4, -0.2) is 10.9 Å². The number of nitrogens with two attached hydrogens (primary N) is 1. The molecule has 2 N–H and O–H groups in total. The van der Waals surface area contributed by atoms with Gasteiger partial charge in [0.15, 0.2) is 0 Å². The second-order valence-electron chi connectivity index (χ2n) is 5.41. The molecule has 1 heterocycles. The molecule has 2 nitrogen and oxygen atoms in total. The highest BCUT2D eigenvalue weighted by molar-refractivity contribution is 5.46. The Morgan fingerprint density at radius 2 is 2.00 bits per heavy atom. The van der Waals surface area contributed by atoms with Crippen molar-refractivity contribution >= 4 is 5.69 Å². The summed E-state index contributed by atoms with van der Waals surface area (Å²) in [6.07, 6.45) is 4.19. The second-order valence-corrected chi connectivity index (χ2v) is 5.41. The zero-order chi connectivity index (χ0) is 11.1. The topological polar surface area (TPSA) is 29.3 Å². The van der Waals surface area contributed by atoms with Gasteiger partial charge < -0.3 is 5.73 Å². The highest BCUT2D eigenvalue weighted by atomic mass is 15.2. The first kappa shape index (κ1) is 10.2. The fourth-order valence-electron chi connectivity index (χ4n) is 3.34. The molecule has 16 heavy (non-hydrogen) atoms. The summed E-state index contributed by atoms with van der Waals surface area (Å²) in [5.74, 6) is 0.867. The minimum absolute atomic E-state index is 0.800. The lowest BCUT2D eigenvalue weighted by Gasteiger charge is -2.27. The molecule has 1 aliphatic carbocycles. The molecule has 86 valence electrons. The first-order chi connectivity index (χ1) is 7.74. The van der Waals surface area contributed by atoms with E-state index in [-0.39, 0.29) is 0 Å². The minimum atomic E-state index is 0.800. The van der Waals surface area contributed by atoms with Gasteiger partial charge in [-0.1, -0.05) is 19.4 Å². The van der Waals surface area contributed by atoms with E-state index in [1.807, 2.05) is 6.07 Å². The standard InChI is InChI=1S/C14H20N2/c1-10-3-2-4-14(10)16-8-11-5-6-13(15)7-12(11)9-16/h5-7,10,14H,2-4,8-9,15H2,1H3. The molecule has 1 saturated carbocycles. The van der Waals surface area contributed by atoms with E-state index in [0.717, 1.165) is 30.7 Å². The number of nitrogen functional groups attached to an aromatic ring is 1. The van der Waals surface area contributed by atoms with Crippen LogP contribution in [0, 0.1) is 5.92 Å². The van der Waals surface area contributed by atoms with Crippen molar-refractivity contribution in [2.75, 3.05) is 5.73 Å². The second kappa shape index (κ2) is 3.77. The Bertz CT molecular complexity index is 400. The van der Waals surface area contributed by atoms with E-state index in [1.165, 1.54) is 30.4 Å². The number of nitrogens with zero attached hydrogens (tertiary/aromatic N) is 1. The summed E-state index contributed by atoms with van der Waals surface area (Å²) in [6.45, 7) is 4.63. The average molecular weight is 216 g/mol. The van der Waals surface area contributed by atoms with Crippen molar-refractivity contribution in [1.82, 2.24) is 4.90 Å². The van der Waals surface area contributed by atoms with E-state index in [4.69, 9.17) is 5.73 Å². The molecule has 0 spiro atoms. The first-order valence-electron chi connectivity index (χ1n) is 6.35. The smallest absolute Gasteiger partial charge is 0.0317 e. The van der Waals surface area contributed by atoms with Crippen LogP contribution in [-0.2, 0) is 13.1 Å². The van der Waals surface area contributed by atoms with Crippen LogP contribution in [0.1, 0.15) is 37.3 Å². The maximum absolute atomic E-state index is 5.84. The van der Waals surface area contributed by atoms with E-state index in [9.17, 15) is 0 Å². The molecule has 2 atom stereocenters. The summed E-state index contributed by atoms with van der Waals surface area (Å²) < 4.78 is 0. The molecule has 0 bridgehead atoms. The van der Waals surface area contributed by atoms with Crippen molar-refractivity contribution < 1.29 is 0 Å². The van der Waals surface area contributed by atoms with Crippen LogP contribution in [0.15, 0.2) is 18.2 Å². The lowest BCUT2D eigenvalue weighted by Crippen LogP contribution is -2.32. The quantitative estimate of drug-likeness (QED) is 0.731. The molecular weight excluding hydrogens is 196 g/mol. The monoisotopic (exact) mass is 216 g/mol. The predicted molar refractivity (Wildman–Crippen MR) is 66.9 cm³/mol. The minimum Gasteiger partial charge on any atom is -0.399 e. The molecule has 1 aromatic carbocycles. The van der Waals surface area contributed by atoms with Crippen LogP contribution >= 0.6 is 0 Å². The zero-order valence-corrected chi connectivity index (χ0v) is 9.95. The van der Waals surface area contributed by atoms with Crippen LogP contribution < -0.4 is 5.73 Å². The number of hydrogen-bond donors (Lipinski definition) is 1. The van der Waals surface area contributed by atoms with E-state index in [1.54, 1.807) is 0 Å². The van der Waals surface area contributed by atoms with Gasteiger partial charge in [0.05, 0.1) is 0 Å². The zero-order valence-electron chi connectivity index (χ0n) is 9.95. The van der Waals surface area contributed by atoms with Gasteiger partial charge in [0, 0.05) is 24.8 Å². The van der Waals surface area contributed by atoms with Crippen molar-refractivity contribution in [3.63, 3.8) is 0 Å². The number of fused-ring (bicyclic) bond motifs is 1. The largest absolute Gasteiger partial charge is 0.399 e. The Balaban J connectivity index is 1.80. The fourth-order valence-corrected chi connectivity index (χ4v) is 3.34. The van der Waals surface area contributed by atoms with Crippen molar-refractivity contribution in [3.05, 3.63) is 29.3 Å². The Morgan fingerprint density at radius 3 is 2.75 bits per heavy atom. The molecule has 0 amide bonds. The normalized spacial score (nSPS) is 29.6. The Kier molecular flexibility index (Phi) is 2.40. The number of anilines is 1. The molecule has 1 aliphatic heterocycles. The Hall–Kier alpha value is -1.02. The van der Waals surface area contributed by atoms with Gasteiger partial charge in [0.2, 0.25) is 0 Å². The van der Waals surface area contributed by atoms with Crippen molar-refractivity contribution in [2.45, 2.75) is 45.3 Å². The molecule has 0 saturated heterocycles. The number of hydrogen-bond acceptors (Lipinski definition) is 2. The van der Waals surface area contributed by atoms with Gasteiger partial charge in [-0.15, -0.1) is 0 Å². The van der Waals surface area contributed by atoms with Gasteiger partial charge in [-0.05, 0) is 42.0 Å². The van der Waals surface area contributed by atoms with Crippen LogP contribution in [0.3, 0.4) is 0 Å². The molecule has 2 unspecified atom stereocenters. The van der Waals surface area contributed by atoms with E-state index >= 15 is 0 Å². The van der Waals surface area contributed by atoms with E-state index in [0.29, 0.717) is 0 Å². The third-order valence-electron chi connectivity index (χ3n) is 4.26. The van der Waals surface area contributed by atoms with Crippen LogP contribution in [0.5, 0.6) is 0 Å². The van der Waals surface area contributed by atoms with Gasteiger partial charge in [-0.3, -0.25) is 4.90 Å². The molecule has 2 aliphatic rings. The van der Waals surface area contributed by atoms with Crippen LogP contribution in [0.4, 0.5) is 5.69 Å². The van der Waals surface area contributed by atoms with E-state index < -0.39 is 0 Å². The van der Waals surface area contributed by atoms with Crippen LogP contribution in [0.2, 0.25) is 0 Å². The predicted octanol–water partition coefficient (Wildman–Crippen LogP) is 2.77. The summed E-state index contributed by atoms with van der Waals surface area (Å²) in [7, 11) is 0. The Labute approximate surface area is 97.4 Å². The Morgan fingerprint density at radius 1 is 1.19 bits per heavy atom. The third kappa shape index (κ3) is 1.61. The summed E-state index contributed by atoms with van der Waals surface area (Å²) in [5.41, 5.74) is 9.66. The molecule has 2 heteroatoms. The summed E-state index contributed by atoms with van der Waals surface area (Å²) in [5, 5.41) is 0. The molecule has 1 aromatic rings. The van der Waals surface area contributed by atoms with Crippen LogP contribution in [0.25, 0.3) is 0 Å². The molecular formula is C14H20N2. The summed E-state index contributed by atoms with van der Waals surface area (Å²) in [6, 6.07) is 7.17. The van der Waals surface area contributed by atoms with Gasteiger partial charge in [-0.25, -0.2) is 0 Å². The SMILES string of the molecule is CC1CCCC1N1Cc2ccc(N)cc2C1. The molecule has 3 rings (SSSR count). The lowest BCUT2D eigenvalue weighted by molar-refractivity contribution is 0.167. The van der Waals surface area contributed by atoms with Gasteiger partial charge in [0.25, 0.3) is 0 Å². The van der Waals surface area contributed by atoms with Crippen molar-refractivity contribution in [2.24, 2.45) is 5.92 Å². The van der Waals surface area contributed by atoms with Gasteiger partial charge >= 0.3 is 0 Å². The highest BCUT2D eigenvalue weighted by Crippen LogP contribution is 2.35. The molecule has 0 radical (unpaired) electrons. The van der Waals surface area contributed by atoms with Crippen molar-refractivity contribution in [3.8, 4) is 0 Å². The van der Waals surface area contributed by atoms with Gasteiger partial charge in [0.1, 0.15) is 0 Å². The summed E-state index contributed by atoms with van der Waals surface area (Å²) in [4.78, 5) is 2.64. The number of benzene rings is 1. The highest BCUT2D eigenvalue weighted by Gasteiger charge is 2.32.